The van der Waals surface area contributed by atoms with Crippen molar-refractivity contribution in [2.45, 2.75) is 33.4 Å². The van der Waals surface area contributed by atoms with Crippen molar-refractivity contribution in [1.82, 2.24) is 19.6 Å². The number of nitrogens with one attached hydrogen (secondary N) is 1. The Hall–Kier alpha value is -4.23. The molecule has 0 saturated carbocycles. The lowest BCUT2D eigenvalue weighted by Gasteiger charge is -2.35. The lowest BCUT2D eigenvalue weighted by atomic mass is 9.96. The summed E-state index contributed by atoms with van der Waals surface area (Å²) < 4.78 is 1.82. The second-order valence-corrected chi connectivity index (χ2v) is 10.8. The van der Waals surface area contributed by atoms with E-state index in [0.29, 0.717) is 30.0 Å². The van der Waals surface area contributed by atoms with Crippen LogP contribution in [0.25, 0.3) is 16.1 Å². The summed E-state index contributed by atoms with van der Waals surface area (Å²) in [6, 6.07) is 27.5. The highest BCUT2D eigenvalue weighted by molar-refractivity contribution is 7.15. The first kappa shape index (κ1) is 26.4. The minimum atomic E-state index is -0.239. The molecule has 2 amide bonds. The summed E-state index contributed by atoms with van der Waals surface area (Å²) in [7, 11) is 0. The number of benzene rings is 3. The minimum absolute atomic E-state index is 0.0630. The van der Waals surface area contributed by atoms with E-state index in [4.69, 9.17) is 0 Å². The molecule has 0 aliphatic heterocycles. The van der Waals surface area contributed by atoms with Gasteiger partial charge >= 0.3 is 0 Å². The van der Waals surface area contributed by atoms with Crippen LogP contribution in [0.1, 0.15) is 46.0 Å². The molecule has 3 aromatic carbocycles. The predicted molar refractivity (Wildman–Crippen MR) is 157 cm³/mol. The van der Waals surface area contributed by atoms with Crippen LogP contribution in [0.2, 0.25) is 0 Å². The number of thiazole rings is 1. The fraction of sp³-hybridized carbons (Fsp3) is 0.219. The number of hydrogen-bond donors (Lipinski definition) is 1. The van der Waals surface area contributed by atoms with Gasteiger partial charge in [-0.25, -0.2) is 4.98 Å². The monoisotopic (exact) mass is 536 g/mol. The Balaban J connectivity index is 1.48. The van der Waals surface area contributed by atoms with Crippen LogP contribution in [0.5, 0.6) is 0 Å². The number of amides is 2. The van der Waals surface area contributed by atoms with E-state index in [1.807, 2.05) is 113 Å². The molecule has 7 heteroatoms. The fourth-order valence-corrected chi connectivity index (χ4v) is 5.73. The SMILES string of the molecule is Cc1nc2sccn2c1C(=O)NCC(C(C)C)N(Cc1ccccc1)C(=O)c1ccccc1-c1ccccc1. The molecule has 0 spiro atoms. The third-order valence-corrected chi connectivity index (χ3v) is 7.75. The summed E-state index contributed by atoms with van der Waals surface area (Å²) in [6.45, 7) is 6.78. The molecular formula is C32H32N4O2S. The van der Waals surface area contributed by atoms with Crippen molar-refractivity contribution < 1.29 is 9.59 Å². The minimum Gasteiger partial charge on any atom is -0.349 e. The summed E-state index contributed by atoms with van der Waals surface area (Å²) >= 11 is 1.50. The number of aromatic nitrogens is 2. The standard InChI is InChI=1S/C32H32N4O2S/c1-22(2)28(20-33-30(37)29-23(3)34-32-35(29)18-19-39-32)36(21-24-12-6-4-7-13-24)31(38)27-17-11-10-16-26(27)25-14-8-5-9-15-25/h4-19,22,28H,20-21H2,1-3H3,(H,33,37). The summed E-state index contributed by atoms with van der Waals surface area (Å²) in [6.07, 6.45) is 1.86. The normalized spacial score (nSPS) is 12.0. The van der Waals surface area contributed by atoms with Crippen molar-refractivity contribution in [3.8, 4) is 11.1 Å². The van der Waals surface area contributed by atoms with E-state index < -0.39 is 0 Å². The van der Waals surface area contributed by atoms with E-state index in [0.717, 1.165) is 21.7 Å². The van der Waals surface area contributed by atoms with Gasteiger partial charge in [0.25, 0.3) is 11.8 Å². The van der Waals surface area contributed by atoms with Gasteiger partial charge in [0.2, 0.25) is 0 Å². The van der Waals surface area contributed by atoms with Crippen molar-refractivity contribution in [3.63, 3.8) is 0 Å². The number of nitrogens with zero attached hydrogens (tertiary/aromatic N) is 3. The van der Waals surface area contributed by atoms with Crippen LogP contribution >= 0.6 is 11.3 Å². The van der Waals surface area contributed by atoms with E-state index >= 15 is 0 Å². The number of carbonyl (C=O) groups excluding carboxylic acids is 2. The molecule has 0 bridgehead atoms. The van der Waals surface area contributed by atoms with Gasteiger partial charge < -0.3 is 10.2 Å². The van der Waals surface area contributed by atoms with Crippen LogP contribution in [0.4, 0.5) is 0 Å². The molecule has 2 heterocycles. The van der Waals surface area contributed by atoms with E-state index in [-0.39, 0.29) is 23.8 Å². The number of hydrogen-bond acceptors (Lipinski definition) is 4. The van der Waals surface area contributed by atoms with Gasteiger partial charge in [-0.1, -0.05) is 92.7 Å². The molecule has 6 nitrogen and oxygen atoms in total. The van der Waals surface area contributed by atoms with Gasteiger partial charge in [-0.05, 0) is 35.6 Å². The predicted octanol–water partition coefficient (Wildman–Crippen LogP) is 6.47. The van der Waals surface area contributed by atoms with Crippen LogP contribution in [-0.4, -0.2) is 38.7 Å². The number of fused-ring (bicyclic) bond motifs is 1. The van der Waals surface area contributed by atoms with Crippen molar-refractivity contribution >= 4 is 28.1 Å². The second kappa shape index (κ2) is 11.7. The average molecular weight is 537 g/mol. The first-order chi connectivity index (χ1) is 18.9. The van der Waals surface area contributed by atoms with Gasteiger partial charge in [0.15, 0.2) is 4.96 Å². The second-order valence-electron chi connectivity index (χ2n) is 9.95. The summed E-state index contributed by atoms with van der Waals surface area (Å²) in [5.74, 6) is -0.164. The highest BCUT2D eigenvalue weighted by Crippen LogP contribution is 2.27. The van der Waals surface area contributed by atoms with E-state index in [1.165, 1.54) is 11.3 Å². The van der Waals surface area contributed by atoms with Gasteiger partial charge in [0.05, 0.1) is 11.7 Å². The lowest BCUT2D eigenvalue weighted by Crippen LogP contribution is -2.49. The van der Waals surface area contributed by atoms with Gasteiger partial charge in [0, 0.05) is 30.2 Å². The lowest BCUT2D eigenvalue weighted by molar-refractivity contribution is 0.0593. The maximum atomic E-state index is 14.4. The Morgan fingerprint density at radius 3 is 2.33 bits per heavy atom. The third kappa shape index (κ3) is 5.64. The van der Waals surface area contributed by atoms with Crippen LogP contribution in [0.15, 0.2) is 96.5 Å². The molecular weight excluding hydrogens is 504 g/mol. The molecule has 1 unspecified atom stereocenters. The highest BCUT2D eigenvalue weighted by atomic mass is 32.1. The molecule has 0 radical (unpaired) electrons. The van der Waals surface area contributed by atoms with Gasteiger partial charge in [-0.3, -0.25) is 14.0 Å². The van der Waals surface area contributed by atoms with Crippen LogP contribution in [0.3, 0.4) is 0 Å². The number of carbonyl (C=O) groups is 2. The molecule has 0 aliphatic carbocycles. The molecule has 0 aliphatic rings. The maximum Gasteiger partial charge on any atom is 0.270 e. The number of imidazole rings is 1. The first-order valence-electron chi connectivity index (χ1n) is 13.1. The Kier molecular flexibility index (Phi) is 7.89. The zero-order valence-corrected chi connectivity index (χ0v) is 23.2. The van der Waals surface area contributed by atoms with Crippen molar-refractivity contribution in [2.24, 2.45) is 5.92 Å². The summed E-state index contributed by atoms with van der Waals surface area (Å²) in [5, 5.41) is 5.04. The van der Waals surface area contributed by atoms with Gasteiger partial charge in [-0.15, -0.1) is 11.3 Å². The molecule has 5 aromatic rings. The molecule has 1 atom stereocenters. The first-order valence-corrected chi connectivity index (χ1v) is 14.0. The molecule has 2 aromatic heterocycles. The molecule has 39 heavy (non-hydrogen) atoms. The smallest absolute Gasteiger partial charge is 0.270 e. The fourth-order valence-electron chi connectivity index (χ4n) is 4.97. The van der Waals surface area contributed by atoms with Crippen molar-refractivity contribution in [1.29, 1.82) is 0 Å². The Morgan fingerprint density at radius 1 is 0.949 bits per heavy atom. The maximum absolute atomic E-state index is 14.4. The van der Waals surface area contributed by atoms with E-state index in [9.17, 15) is 9.59 Å². The number of aryl methyl sites for hydroxylation is 1. The summed E-state index contributed by atoms with van der Waals surface area (Å²) in [5.41, 5.74) is 4.78. The molecule has 0 fully saturated rings. The average Bonchev–Trinajstić information content (AvgIpc) is 3.53. The topological polar surface area (TPSA) is 66.7 Å². The summed E-state index contributed by atoms with van der Waals surface area (Å²) in [4.78, 5) is 34.9. The Bertz CT molecular complexity index is 1570. The van der Waals surface area contributed by atoms with Crippen LogP contribution in [0, 0.1) is 12.8 Å². The highest BCUT2D eigenvalue weighted by Gasteiger charge is 2.30. The van der Waals surface area contributed by atoms with Gasteiger partial charge in [-0.2, -0.15) is 0 Å². The Morgan fingerprint density at radius 2 is 1.62 bits per heavy atom. The van der Waals surface area contributed by atoms with Gasteiger partial charge in [0.1, 0.15) is 5.69 Å². The Labute approximate surface area is 232 Å². The largest absolute Gasteiger partial charge is 0.349 e. The quantitative estimate of drug-likeness (QED) is 0.235. The zero-order valence-electron chi connectivity index (χ0n) is 22.4. The molecule has 5 rings (SSSR count). The van der Waals surface area contributed by atoms with Crippen LogP contribution in [-0.2, 0) is 6.54 Å². The van der Waals surface area contributed by atoms with Crippen LogP contribution < -0.4 is 5.32 Å². The van der Waals surface area contributed by atoms with Crippen molar-refractivity contribution in [2.75, 3.05) is 6.54 Å². The zero-order chi connectivity index (χ0) is 27.4. The van der Waals surface area contributed by atoms with E-state index in [1.54, 1.807) is 0 Å². The molecule has 198 valence electrons. The molecule has 1 N–H and O–H groups in total. The van der Waals surface area contributed by atoms with E-state index in [2.05, 4.69) is 24.1 Å². The third-order valence-electron chi connectivity index (χ3n) is 6.99. The number of rotatable bonds is 9. The molecule has 0 saturated heterocycles. The van der Waals surface area contributed by atoms with Crippen molar-refractivity contribution in [3.05, 3.63) is 119 Å².